The number of rotatable bonds is 3. The molecular formula is C12H8ClF2NO3. The fourth-order valence-corrected chi connectivity index (χ4v) is 1.91. The van der Waals surface area contributed by atoms with Crippen LogP contribution >= 0.6 is 11.6 Å². The first-order valence-electron chi connectivity index (χ1n) is 5.18. The van der Waals surface area contributed by atoms with Crippen molar-refractivity contribution in [2.45, 2.75) is 13.3 Å². The van der Waals surface area contributed by atoms with Crippen molar-refractivity contribution in [3.05, 3.63) is 40.2 Å². The van der Waals surface area contributed by atoms with Crippen molar-refractivity contribution >= 4 is 17.6 Å². The van der Waals surface area contributed by atoms with Gasteiger partial charge in [-0.3, -0.25) is 0 Å². The standard InChI is InChI=1S/C12H8ClF2NO3/c1-5-2-6(4-7(13)3-5)11-16-8(10(14)15)9(19-11)12(17)18/h2-4,10H,1H3,(H,17,18). The zero-order chi connectivity index (χ0) is 14.2. The molecule has 100 valence electrons. The van der Waals surface area contributed by atoms with Crippen molar-refractivity contribution in [3.8, 4) is 11.5 Å². The highest BCUT2D eigenvalue weighted by Crippen LogP contribution is 2.30. The van der Waals surface area contributed by atoms with Gasteiger partial charge in [0.15, 0.2) is 5.69 Å². The third kappa shape index (κ3) is 2.73. The number of carbonyl (C=O) groups is 1. The highest BCUT2D eigenvalue weighted by Gasteiger charge is 2.26. The van der Waals surface area contributed by atoms with Crippen molar-refractivity contribution in [2.24, 2.45) is 0 Å². The third-order valence-electron chi connectivity index (χ3n) is 2.34. The quantitative estimate of drug-likeness (QED) is 0.928. The van der Waals surface area contributed by atoms with Gasteiger partial charge in [-0.05, 0) is 30.7 Å². The molecule has 0 aliphatic heterocycles. The number of alkyl halides is 2. The molecule has 1 heterocycles. The summed E-state index contributed by atoms with van der Waals surface area (Å²) in [6, 6.07) is 4.74. The predicted molar refractivity (Wildman–Crippen MR) is 63.6 cm³/mol. The monoisotopic (exact) mass is 287 g/mol. The van der Waals surface area contributed by atoms with Gasteiger partial charge in [-0.1, -0.05) is 11.6 Å². The Morgan fingerprint density at radius 3 is 2.58 bits per heavy atom. The Labute approximate surface area is 111 Å². The fraction of sp³-hybridized carbons (Fsp3) is 0.167. The highest BCUT2D eigenvalue weighted by molar-refractivity contribution is 6.30. The minimum Gasteiger partial charge on any atom is -0.475 e. The SMILES string of the molecule is Cc1cc(Cl)cc(-c2nc(C(F)F)c(C(=O)O)o2)c1. The number of halogens is 3. The molecule has 0 fully saturated rings. The van der Waals surface area contributed by atoms with Crippen LogP contribution in [-0.2, 0) is 0 Å². The van der Waals surface area contributed by atoms with Gasteiger partial charge >= 0.3 is 5.97 Å². The highest BCUT2D eigenvalue weighted by atomic mass is 35.5. The summed E-state index contributed by atoms with van der Waals surface area (Å²) in [5.74, 6) is -2.64. The molecule has 0 bridgehead atoms. The minimum atomic E-state index is -3.02. The fourth-order valence-electron chi connectivity index (χ4n) is 1.62. The van der Waals surface area contributed by atoms with Gasteiger partial charge < -0.3 is 9.52 Å². The van der Waals surface area contributed by atoms with Crippen molar-refractivity contribution in [2.75, 3.05) is 0 Å². The van der Waals surface area contributed by atoms with Crippen LogP contribution < -0.4 is 0 Å². The number of hydrogen-bond acceptors (Lipinski definition) is 3. The van der Waals surface area contributed by atoms with Gasteiger partial charge in [-0.2, -0.15) is 0 Å². The van der Waals surface area contributed by atoms with Crippen LogP contribution in [0, 0.1) is 6.92 Å². The van der Waals surface area contributed by atoms with E-state index in [0.29, 0.717) is 10.6 Å². The molecule has 0 amide bonds. The van der Waals surface area contributed by atoms with E-state index < -0.39 is 23.8 Å². The second-order valence-corrected chi connectivity index (χ2v) is 4.29. The number of nitrogens with zero attached hydrogens (tertiary/aromatic N) is 1. The molecule has 2 aromatic rings. The maximum absolute atomic E-state index is 12.7. The summed E-state index contributed by atoms with van der Waals surface area (Å²) in [6.07, 6.45) is -3.02. The van der Waals surface area contributed by atoms with Gasteiger partial charge in [0, 0.05) is 10.6 Å². The molecule has 1 N–H and O–H groups in total. The molecule has 7 heteroatoms. The molecule has 1 aromatic carbocycles. The molecular weight excluding hydrogens is 280 g/mol. The summed E-state index contributed by atoms with van der Waals surface area (Å²) in [5.41, 5.74) is 0.232. The molecule has 0 saturated carbocycles. The van der Waals surface area contributed by atoms with E-state index in [1.165, 1.54) is 6.07 Å². The van der Waals surface area contributed by atoms with Crippen LogP contribution in [0.1, 0.15) is 28.2 Å². The van der Waals surface area contributed by atoms with Gasteiger partial charge in [-0.25, -0.2) is 18.6 Å². The second-order valence-electron chi connectivity index (χ2n) is 3.86. The number of carboxylic acids is 1. The van der Waals surface area contributed by atoms with Crippen molar-refractivity contribution < 1.29 is 23.1 Å². The summed E-state index contributed by atoms with van der Waals surface area (Å²) in [5, 5.41) is 9.17. The number of oxazole rings is 1. The summed E-state index contributed by atoms with van der Waals surface area (Å²) in [6.45, 7) is 1.75. The molecule has 0 aliphatic rings. The van der Waals surface area contributed by atoms with Gasteiger partial charge in [0.05, 0.1) is 0 Å². The molecule has 0 radical (unpaired) electrons. The maximum atomic E-state index is 12.7. The molecule has 4 nitrogen and oxygen atoms in total. The number of carboxylic acid groups (broad SMARTS) is 1. The van der Waals surface area contributed by atoms with E-state index in [1.54, 1.807) is 19.1 Å². The van der Waals surface area contributed by atoms with Crippen molar-refractivity contribution in [3.63, 3.8) is 0 Å². The van der Waals surface area contributed by atoms with Crippen LogP contribution in [0.3, 0.4) is 0 Å². The van der Waals surface area contributed by atoms with E-state index in [9.17, 15) is 13.6 Å². The van der Waals surface area contributed by atoms with E-state index in [4.69, 9.17) is 21.1 Å². The molecule has 0 saturated heterocycles. The molecule has 0 atom stereocenters. The van der Waals surface area contributed by atoms with Gasteiger partial charge in [-0.15, -0.1) is 0 Å². The topological polar surface area (TPSA) is 63.3 Å². The molecule has 0 aliphatic carbocycles. The Morgan fingerprint density at radius 1 is 1.42 bits per heavy atom. The zero-order valence-corrected chi connectivity index (χ0v) is 10.4. The van der Waals surface area contributed by atoms with E-state index >= 15 is 0 Å². The minimum absolute atomic E-state index is 0.196. The maximum Gasteiger partial charge on any atom is 0.374 e. The number of aryl methyl sites for hydroxylation is 1. The first-order chi connectivity index (χ1) is 8.88. The number of benzene rings is 1. The normalized spacial score (nSPS) is 11.0. The van der Waals surface area contributed by atoms with Gasteiger partial charge in [0.1, 0.15) is 0 Å². The number of aromatic nitrogens is 1. The Hall–Kier alpha value is -1.95. The first kappa shape index (κ1) is 13.5. The van der Waals surface area contributed by atoms with Gasteiger partial charge in [0.2, 0.25) is 11.7 Å². The Kier molecular flexibility index (Phi) is 3.53. The van der Waals surface area contributed by atoms with Crippen LogP contribution in [0.2, 0.25) is 5.02 Å². The summed E-state index contributed by atoms with van der Waals surface area (Å²) in [4.78, 5) is 14.3. The Bertz CT molecular complexity index is 620. The van der Waals surface area contributed by atoms with E-state index in [-0.39, 0.29) is 5.89 Å². The Morgan fingerprint density at radius 2 is 2.11 bits per heavy atom. The molecule has 0 spiro atoms. The van der Waals surface area contributed by atoms with E-state index in [2.05, 4.69) is 4.98 Å². The second kappa shape index (κ2) is 4.97. The summed E-state index contributed by atoms with van der Waals surface area (Å²) >= 11 is 5.84. The van der Waals surface area contributed by atoms with E-state index in [1.807, 2.05) is 0 Å². The Balaban J connectivity index is 2.57. The average Bonchev–Trinajstić information content (AvgIpc) is 2.72. The molecule has 1 aromatic heterocycles. The lowest BCUT2D eigenvalue weighted by atomic mass is 10.1. The lowest BCUT2D eigenvalue weighted by Gasteiger charge is -1.99. The van der Waals surface area contributed by atoms with Crippen molar-refractivity contribution in [1.29, 1.82) is 0 Å². The van der Waals surface area contributed by atoms with Gasteiger partial charge in [0.25, 0.3) is 6.43 Å². The molecule has 2 rings (SSSR count). The van der Waals surface area contributed by atoms with Crippen LogP contribution in [0.4, 0.5) is 8.78 Å². The zero-order valence-electron chi connectivity index (χ0n) is 9.65. The lowest BCUT2D eigenvalue weighted by Crippen LogP contribution is -1.99. The van der Waals surface area contributed by atoms with Crippen LogP contribution in [0.25, 0.3) is 11.5 Å². The van der Waals surface area contributed by atoms with Crippen LogP contribution in [0.5, 0.6) is 0 Å². The van der Waals surface area contributed by atoms with E-state index in [0.717, 1.165) is 5.56 Å². The van der Waals surface area contributed by atoms with Crippen LogP contribution in [-0.4, -0.2) is 16.1 Å². The largest absolute Gasteiger partial charge is 0.475 e. The summed E-state index contributed by atoms with van der Waals surface area (Å²) < 4.78 is 30.2. The number of aromatic carboxylic acids is 1. The summed E-state index contributed by atoms with van der Waals surface area (Å²) in [7, 11) is 0. The third-order valence-corrected chi connectivity index (χ3v) is 2.56. The average molecular weight is 288 g/mol. The predicted octanol–water partition coefficient (Wildman–Crippen LogP) is 3.94. The lowest BCUT2D eigenvalue weighted by molar-refractivity contribution is 0.0647. The molecule has 19 heavy (non-hydrogen) atoms. The van der Waals surface area contributed by atoms with Crippen molar-refractivity contribution in [1.82, 2.24) is 4.98 Å². The number of hydrogen-bond donors (Lipinski definition) is 1. The van der Waals surface area contributed by atoms with Crippen LogP contribution in [0.15, 0.2) is 22.6 Å². The molecule has 0 unspecified atom stereocenters. The smallest absolute Gasteiger partial charge is 0.374 e. The first-order valence-corrected chi connectivity index (χ1v) is 5.56.